The van der Waals surface area contributed by atoms with Gasteiger partial charge in [0.2, 0.25) is 10.0 Å². The summed E-state index contributed by atoms with van der Waals surface area (Å²) in [5.74, 6) is 7.73. The molecule has 1 aromatic carbocycles. The third-order valence-electron chi connectivity index (χ3n) is 5.74. The van der Waals surface area contributed by atoms with Crippen molar-refractivity contribution in [3.05, 3.63) is 42.2 Å². The lowest BCUT2D eigenvalue weighted by molar-refractivity contribution is 0.177. The highest BCUT2D eigenvalue weighted by molar-refractivity contribution is 7.89. The van der Waals surface area contributed by atoms with E-state index in [4.69, 9.17) is 9.88 Å². The molecule has 1 aromatic heterocycles. The first-order valence-electron chi connectivity index (χ1n) is 10.7. The van der Waals surface area contributed by atoms with Crippen molar-refractivity contribution in [2.45, 2.75) is 51.9 Å². The molecular weight excluding hydrogens is 398 g/mol. The predicted octanol–water partition coefficient (Wildman–Crippen LogP) is 3.89. The monoisotopic (exact) mass is 429 g/mol. The zero-order chi connectivity index (χ0) is 21.4. The van der Waals surface area contributed by atoms with Crippen molar-refractivity contribution in [2.75, 3.05) is 12.4 Å². The molecule has 1 aliphatic carbocycles. The number of nitrogens with two attached hydrogens (primary N) is 1. The summed E-state index contributed by atoms with van der Waals surface area (Å²) in [6.07, 6.45) is 11.1. The first kappa shape index (κ1) is 22.4. The van der Waals surface area contributed by atoms with Gasteiger partial charge in [-0.15, -0.1) is 5.92 Å². The summed E-state index contributed by atoms with van der Waals surface area (Å²) in [7, 11) is -3.38. The Labute approximate surface area is 179 Å². The van der Waals surface area contributed by atoms with Crippen LogP contribution in [0.25, 0.3) is 5.69 Å². The van der Waals surface area contributed by atoms with Crippen molar-refractivity contribution in [1.29, 1.82) is 0 Å². The Morgan fingerprint density at radius 3 is 2.60 bits per heavy atom. The summed E-state index contributed by atoms with van der Waals surface area (Å²) in [5, 5.41) is 9.50. The van der Waals surface area contributed by atoms with Gasteiger partial charge in [-0.05, 0) is 62.3 Å². The van der Waals surface area contributed by atoms with Crippen LogP contribution in [0.5, 0.6) is 5.75 Å². The van der Waals surface area contributed by atoms with Gasteiger partial charge >= 0.3 is 0 Å². The molecule has 1 fully saturated rings. The minimum absolute atomic E-state index is 0.0670. The molecule has 0 saturated heterocycles. The Morgan fingerprint density at radius 2 is 1.90 bits per heavy atom. The summed E-state index contributed by atoms with van der Waals surface area (Å²) in [6.45, 7) is 2.47. The Balaban J connectivity index is 1.56. The lowest BCUT2D eigenvalue weighted by Crippen LogP contribution is -2.23. The van der Waals surface area contributed by atoms with Crippen LogP contribution in [0, 0.1) is 23.7 Å². The number of aromatic nitrogens is 2. The van der Waals surface area contributed by atoms with Crippen molar-refractivity contribution >= 4 is 10.0 Å². The first-order chi connectivity index (χ1) is 14.4. The van der Waals surface area contributed by atoms with Gasteiger partial charge in [-0.1, -0.05) is 31.6 Å². The van der Waals surface area contributed by atoms with Crippen LogP contribution < -0.4 is 9.88 Å². The molecule has 3 rings (SSSR count). The molecule has 1 saturated carbocycles. The molecule has 30 heavy (non-hydrogen) atoms. The van der Waals surface area contributed by atoms with Crippen LogP contribution in [0.4, 0.5) is 0 Å². The third kappa shape index (κ3) is 6.89. The Kier molecular flexibility index (Phi) is 7.94. The summed E-state index contributed by atoms with van der Waals surface area (Å²) >= 11 is 0. The van der Waals surface area contributed by atoms with Crippen LogP contribution >= 0.6 is 0 Å². The number of benzene rings is 1. The Morgan fingerprint density at radius 1 is 1.17 bits per heavy atom. The highest BCUT2D eigenvalue weighted by Crippen LogP contribution is 2.32. The fraction of sp³-hybridized carbons (Fsp3) is 0.522. The molecule has 0 spiro atoms. The molecule has 2 unspecified atom stereocenters. The molecular formula is C23H31N3O3S. The van der Waals surface area contributed by atoms with E-state index in [1.54, 1.807) is 10.9 Å². The van der Waals surface area contributed by atoms with E-state index in [9.17, 15) is 8.42 Å². The van der Waals surface area contributed by atoms with E-state index in [1.165, 1.54) is 19.3 Å². The second kappa shape index (κ2) is 10.6. The SMILES string of the molecule is CC#Cc1cnn(-c2ccc(OCC3CCCCCC3CCCS(N)(=O)=O)cc2)c1. The molecule has 162 valence electrons. The highest BCUT2D eigenvalue weighted by Gasteiger charge is 2.24. The van der Waals surface area contributed by atoms with Gasteiger partial charge in [-0.25, -0.2) is 18.2 Å². The average Bonchev–Trinajstić information content (AvgIpc) is 3.06. The van der Waals surface area contributed by atoms with Crippen molar-refractivity contribution in [1.82, 2.24) is 9.78 Å². The van der Waals surface area contributed by atoms with Gasteiger partial charge in [0.15, 0.2) is 0 Å². The maximum absolute atomic E-state index is 11.2. The van der Waals surface area contributed by atoms with Crippen molar-refractivity contribution < 1.29 is 13.2 Å². The van der Waals surface area contributed by atoms with Crippen LogP contribution in [0.2, 0.25) is 0 Å². The van der Waals surface area contributed by atoms with E-state index in [0.29, 0.717) is 24.9 Å². The molecule has 7 heteroatoms. The lowest BCUT2D eigenvalue weighted by Gasteiger charge is -2.25. The lowest BCUT2D eigenvalue weighted by atomic mass is 9.85. The van der Waals surface area contributed by atoms with E-state index >= 15 is 0 Å². The van der Waals surface area contributed by atoms with E-state index in [-0.39, 0.29) is 5.75 Å². The zero-order valence-electron chi connectivity index (χ0n) is 17.6. The number of hydrogen-bond acceptors (Lipinski definition) is 4. The van der Waals surface area contributed by atoms with Crippen molar-refractivity contribution in [2.24, 2.45) is 17.0 Å². The molecule has 2 aromatic rings. The summed E-state index contributed by atoms with van der Waals surface area (Å²) in [6, 6.07) is 7.91. The van der Waals surface area contributed by atoms with E-state index in [1.807, 2.05) is 37.4 Å². The molecule has 0 bridgehead atoms. The first-order valence-corrected chi connectivity index (χ1v) is 12.4. The summed E-state index contributed by atoms with van der Waals surface area (Å²) in [4.78, 5) is 0. The van der Waals surface area contributed by atoms with Gasteiger partial charge in [0, 0.05) is 6.20 Å². The van der Waals surface area contributed by atoms with Crippen molar-refractivity contribution in [3.8, 4) is 23.3 Å². The summed E-state index contributed by atoms with van der Waals surface area (Å²) < 4.78 is 30.4. The van der Waals surface area contributed by atoms with Gasteiger partial charge in [0.1, 0.15) is 5.75 Å². The van der Waals surface area contributed by atoms with Crippen LogP contribution in [-0.2, 0) is 10.0 Å². The number of nitrogens with zero attached hydrogens (tertiary/aromatic N) is 2. The van der Waals surface area contributed by atoms with Crippen LogP contribution in [-0.4, -0.2) is 30.6 Å². The van der Waals surface area contributed by atoms with Crippen LogP contribution in [0.1, 0.15) is 57.4 Å². The Hall–Kier alpha value is -2.30. The molecule has 0 radical (unpaired) electrons. The molecule has 2 atom stereocenters. The van der Waals surface area contributed by atoms with E-state index < -0.39 is 10.0 Å². The van der Waals surface area contributed by atoms with Crippen LogP contribution in [0.15, 0.2) is 36.7 Å². The third-order valence-corrected chi connectivity index (χ3v) is 6.60. The quantitative estimate of drug-likeness (QED) is 0.509. The van der Waals surface area contributed by atoms with E-state index in [2.05, 4.69) is 16.9 Å². The van der Waals surface area contributed by atoms with Gasteiger partial charge in [0.25, 0.3) is 0 Å². The highest BCUT2D eigenvalue weighted by atomic mass is 32.2. The standard InChI is InChI=1S/C23H31N3O3S/c1-2-7-19-16-25-26(17-19)22-11-13-23(14-12-22)29-18-21-9-5-3-4-8-20(21)10-6-15-30(24,27)28/h11-14,16-17,20-21H,3-6,8-10,15,18H2,1H3,(H2,24,27,28). The number of rotatable bonds is 8. The molecule has 1 heterocycles. The Bertz CT molecular complexity index is 971. The van der Waals surface area contributed by atoms with Crippen molar-refractivity contribution in [3.63, 3.8) is 0 Å². The van der Waals surface area contributed by atoms with Crippen LogP contribution in [0.3, 0.4) is 0 Å². The zero-order valence-corrected chi connectivity index (χ0v) is 18.4. The largest absolute Gasteiger partial charge is 0.493 e. The molecule has 6 nitrogen and oxygen atoms in total. The predicted molar refractivity (Wildman–Crippen MR) is 119 cm³/mol. The van der Waals surface area contributed by atoms with Gasteiger partial charge in [-0.2, -0.15) is 5.10 Å². The second-order valence-corrected chi connectivity index (χ2v) is 9.75. The molecule has 0 aliphatic heterocycles. The molecule has 0 amide bonds. The van der Waals surface area contributed by atoms with Gasteiger partial charge in [0.05, 0.1) is 29.8 Å². The minimum Gasteiger partial charge on any atom is -0.493 e. The average molecular weight is 430 g/mol. The second-order valence-electron chi connectivity index (χ2n) is 8.02. The summed E-state index contributed by atoms with van der Waals surface area (Å²) in [5.41, 5.74) is 1.85. The smallest absolute Gasteiger partial charge is 0.209 e. The van der Waals surface area contributed by atoms with Gasteiger partial charge in [-0.3, -0.25) is 0 Å². The van der Waals surface area contributed by atoms with Gasteiger partial charge < -0.3 is 4.74 Å². The fourth-order valence-electron chi connectivity index (χ4n) is 4.18. The minimum atomic E-state index is -3.38. The van der Waals surface area contributed by atoms with E-state index in [0.717, 1.165) is 36.3 Å². The number of primary sulfonamides is 1. The number of hydrogen-bond donors (Lipinski definition) is 1. The normalized spacial score (nSPS) is 19.5. The maximum atomic E-state index is 11.2. The number of sulfonamides is 1. The maximum Gasteiger partial charge on any atom is 0.209 e. The molecule has 2 N–H and O–H groups in total. The molecule has 1 aliphatic rings. The number of ether oxygens (including phenoxy) is 1. The topological polar surface area (TPSA) is 87.2 Å². The fourth-order valence-corrected chi connectivity index (χ4v) is 4.75.